The molecule has 272 valence electrons. The predicted molar refractivity (Wildman–Crippen MR) is 151 cm³/mol. The van der Waals surface area contributed by atoms with Crippen molar-refractivity contribution in [3.63, 3.8) is 0 Å². The topological polar surface area (TPSA) is 113 Å². The van der Waals surface area contributed by atoms with E-state index in [1.807, 2.05) is 0 Å². The van der Waals surface area contributed by atoms with Crippen molar-refractivity contribution in [3.8, 4) is 0 Å². The fourth-order valence-corrected chi connectivity index (χ4v) is 5.06. The van der Waals surface area contributed by atoms with E-state index in [-0.39, 0.29) is 26.1 Å². The van der Waals surface area contributed by atoms with Crippen molar-refractivity contribution in [1.82, 2.24) is 9.97 Å². The normalized spacial score (nSPS) is 13.2. The molecule has 0 amide bonds. The molecule has 1 aliphatic rings. The lowest BCUT2D eigenvalue weighted by atomic mass is 9.94. The van der Waals surface area contributed by atoms with Gasteiger partial charge < -0.3 is 9.47 Å². The van der Waals surface area contributed by atoms with Crippen LogP contribution in [0.15, 0.2) is 0 Å². The van der Waals surface area contributed by atoms with Gasteiger partial charge in [-0.2, -0.15) is 26.3 Å². The lowest BCUT2D eigenvalue weighted by Gasteiger charge is -2.20. The summed E-state index contributed by atoms with van der Waals surface area (Å²) in [6.45, 7) is 3.96. The van der Waals surface area contributed by atoms with Crippen LogP contribution in [0.1, 0.15) is 141 Å². The quantitative estimate of drug-likeness (QED) is 0.120. The molecule has 0 aliphatic heterocycles. The van der Waals surface area contributed by atoms with E-state index >= 15 is 0 Å². The van der Waals surface area contributed by atoms with Gasteiger partial charge in [0.25, 0.3) is 23.3 Å². The zero-order valence-corrected chi connectivity index (χ0v) is 27.1. The van der Waals surface area contributed by atoms with E-state index < -0.39 is 110 Å². The summed E-state index contributed by atoms with van der Waals surface area (Å²) in [5.74, 6) is -3.42. The summed E-state index contributed by atoms with van der Waals surface area (Å²) in [6.07, 6.45) is -16.1. The van der Waals surface area contributed by atoms with E-state index in [0.717, 1.165) is 0 Å². The van der Waals surface area contributed by atoms with Crippen LogP contribution >= 0.6 is 23.2 Å². The van der Waals surface area contributed by atoms with Crippen LogP contribution in [0.3, 0.4) is 0 Å². The van der Waals surface area contributed by atoms with Crippen LogP contribution < -0.4 is 0 Å². The monoisotopic (exact) mass is 758 g/mol. The number of nitrogens with zero attached hydrogens (tertiary/aromatic N) is 2. The average Bonchev–Trinajstić information content (AvgIpc) is 3.82. The molecule has 2 aromatic rings. The van der Waals surface area contributed by atoms with Gasteiger partial charge in [0, 0.05) is 0 Å². The van der Waals surface area contributed by atoms with Crippen LogP contribution in [0.2, 0.25) is 0 Å². The highest BCUT2D eigenvalue weighted by Crippen LogP contribution is 2.48. The van der Waals surface area contributed by atoms with E-state index in [9.17, 15) is 63.1 Å². The zero-order valence-electron chi connectivity index (χ0n) is 25.6. The molecule has 0 unspecified atom stereocenters. The van der Waals surface area contributed by atoms with Crippen molar-refractivity contribution in [2.75, 3.05) is 13.2 Å². The van der Waals surface area contributed by atoms with Gasteiger partial charge in [0.2, 0.25) is 0 Å². The van der Waals surface area contributed by atoms with Crippen molar-refractivity contribution < 1.29 is 72.6 Å². The molecule has 1 fully saturated rings. The number of ether oxygens (including phenoxy) is 2. The molecule has 3 rings (SSSR count). The van der Waals surface area contributed by atoms with Crippen LogP contribution in [-0.2, 0) is 28.2 Å². The second-order valence-corrected chi connectivity index (χ2v) is 10.7. The first-order valence-electron chi connectivity index (χ1n) is 14.2. The molecule has 8 nitrogen and oxygen atoms in total. The Morgan fingerprint density at radius 2 is 1.12 bits per heavy atom. The summed E-state index contributed by atoms with van der Waals surface area (Å²) in [7, 11) is 0. The summed E-state index contributed by atoms with van der Waals surface area (Å²) >= 11 is 10.6. The summed E-state index contributed by atoms with van der Waals surface area (Å²) in [5, 5.41) is -2.80. The third-order valence-electron chi connectivity index (χ3n) is 6.66. The first-order valence-corrected chi connectivity index (χ1v) is 15.0. The second kappa shape index (κ2) is 16.9. The van der Waals surface area contributed by atoms with Crippen molar-refractivity contribution >= 4 is 45.6 Å². The van der Waals surface area contributed by atoms with Gasteiger partial charge in [-0.05, 0) is 79.8 Å². The highest BCUT2D eigenvalue weighted by molar-refractivity contribution is 6.68. The number of pyridine rings is 2. The van der Waals surface area contributed by atoms with Gasteiger partial charge in [0.05, 0.1) is 35.5 Å². The van der Waals surface area contributed by atoms with Crippen LogP contribution in [0, 0.1) is 0 Å². The van der Waals surface area contributed by atoms with E-state index in [2.05, 4.69) is 19.4 Å². The Balaban J connectivity index is 0.000000340. The fraction of sp³-hybridized carbons (Fsp3) is 0.517. The molecule has 0 bridgehead atoms. The maximum atomic E-state index is 13.3. The average molecular weight is 759 g/mol. The van der Waals surface area contributed by atoms with E-state index in [4.69, 9.17) is 23.2 Å². The van der Waals surface area contributed by atoms with E-state index in [1.165, 1.54) is 13.8 Å². The minimum absolute atomic E-state index is 0.232. The van der Waals surface area contributed by atoms with Crippen LogP contribution in [0.25, 0.3) is 0 Å². The highest BCUT2D eigenvalue weighted by atomic mass is 35.5. The molecule has 1 saturated carbocycles. The lowest BCUT2D eigenvalue weighted by molar-refractivity contribution is -0.142. The number of hydrogen-bond donors (Lipinski definition) is 0. The number of hydrogen-bond acceptors (Lipinski definition) is 8. The molecule has 0 saturated heterocycles. The first kappa shape index (κ1) is 41.6. The SMILES string of the molecule is CCCCc1c(C(=O)Cl)c(C(F)F)nc(C(F)(F)F)c1C(=O)OCC.CCOC(=O)c1c(C(F)(F)F)nc(C(F)F)c(C(=O)Cl)c1C1CC1. The highest BCUT2D eigenvalue weighted by Gasteiger charge is 2.46. The number of alkyl halides is 10. The van der Waals surface area contributed by atoms with Gasteiger partial charge in [0.15, 0.2) is 11.4 Å². The van der Waals surface area contributed by atoms with Gasteiger partial charge in [-0.3, -0.25) is 9.59 Å². The molecular formula is C29H26Cl2F10N2O6. The minimum atomic E-state index is -5.19. The maximum absolute atomic E-state index is 13.3. The molecule has 2 aromatic heterocycles. The Morgan fingerprint density at radius 1 is 0.714 bits per heavy atom. The van der Waals surface area contributed by atoms with Crippen LogP contribution in [0.5, 0.6) is 0 Å². The second-order valence-electron chi connectivity index (χ2n) is 10.0. The van der Waals surface area contributed by atoms with Crippen molar-refractivity contribution in [3.05, 3.63) is 56.2 Å². The summed E-state index contributed by atoms with van der Waals surface area (Å²) < 4.78 is 141. The van der Waals surface area contributed by atoms with Crippen molar-refractivity contribution in [2.45, 2.75) is 84.0 Å². The van der Waals surface area contributed by atoms with Gasteiger partial charge in [0.1, 0.15) is 11.4 Å². The largest absolute Gasteiger partial charge is 0.462 e. The number of esters is 2. The fourth-order valence-electron chi connectivity index (χ4n) is 4.65. The molecule has 49 heavy (non-hydrogen) atoms. The molecule has 2 heterocycles. The summed E-state index contributed by atoms with van der Waals surface area (Å²) in [5.41, 5.74) is -11.1. The van der Waals surface area contributed by atoms with Crippen molar-refractivity contribution in [2.24, 2.45) is 0 Å². The molecule has 0 aromatic carbocycles. The molecule has 0 spiro atoms. The lowest BCUT2D eigenvalue weighted by Crippen LogP contribution is -2.24. The van der Waals surface area contributed by atoms with Gasteiger partial charge in [-0.25, -0.2) is 37.1 Å². The number of aromatic nitrogens is 2. The standard InChI is InChI=1S/C15H15ClF5NO3.C14H11ClF5NO3/c1-3-5-6-7-8(12(16)23)10(13(17)18)22-11(15(19,20)21)9(7)14(24)25-4-2;1-2-24-13(23)8-6(5-3-4-5)7(11(15)22)9(12(16)17)21-10(8)14(18,19)20/h13H,3-6H2,1-2H3;5,12H,2-4H2,1H3. The van der Waals surface area contributed by atoms with Crippen LogP contribution in [-0.4, -0.2) is 45.6 Å². The van der Waals surface area contributed by atoms with Crippen LogP contribution in [0.4, 0.5) is 43.9 Å². The molecule has 0 radical (unpaired) electrons. The van der Waals surface area contributed by atoms with Gasteiger partial charge in [-0.15, -0.1) is 0 Å². The Labute approximate surface area is 281 Å². The third kappa shape index (κ3) is 10.0. The van der Waals surface area contributed by atoms with Crippen molar-refractivity contribution in [1.29, 1.82) is 0 Å². The summed E-state index contributed by atoms with van der Waals surface area (Å²) in [6, 6.07) is 0. The third-order valence-corrected chi connectivity index (χ3v) is 7.04. The van der Waals surface area contributed by atoms with Gasteiger partial charge >= 0.3 is 24.3 Å². The predicted octanol–water partition coefficient (Wildman–Crippen LogP) is 9.41. The number of rotatable bonds is 12. The number of halogens is 12. The molecule has 20 heteroatoms. The van der Waals surface area contributed by atoms with E-state index in [0.29, 0.717) is 19.3 Å². The number of carbonyl (C=O) groups excluding carboxylic acids is 4. The number of carbonyl (C=O) groups is 4. The minimum Gasteiger partial charge on any atom is -0.462 e. The molecule has 0 atom stereocenters. The Morgan fingerprint density at radius 3 is 1.47 bits per heavy atom. The van der Waals surface area contributed by atoms with Gasteiger partial charge in [-0.1, -0.05) is 13.3 Å². The smallest absolute Gasteiger partial charge is 0.434 e. The Kier molecular flexibility index (Phi) is 14.4. The zero-order chi connectivity index (χ0) is 37.6. The molecular weight excluding hydrogens is 733 g/mol. The molecule has 1 aliphatic carbocycles. The first-order chi connectivity index (χ1) is 22.6. The number of unbranched alkanes of at least 4 members (excludes halogenated alkanes) is 1. The Hall–Kier alpha value is -3.54. The maximum Gasteiger partial charge on any atom is 0.434 e. The summed E-state index contributed by atoms with van der Waals surface area (Å²) in [4.78, 5) is 53.0. The molecule has 0 N–H and O–H groups in total. The Bertz CT molecular complexity index is 1580. The van der Waals surface area contributed by atoms with E-state index in [1.54, 1.807) is 6.92 Å².